The first kappa shape index (κ1) is 17.9. The van der Waals surface area contributed by atoms with Crippen LogP contribution in [-0.2, 0) is 6.54 Å². The molecule has 0 spiro atoms. The average Bonchev–Trinajstić information content (AvgIpc) is 2.49. The SMILES string of the molecule is O=C(NCc1cc(Br)ccc1OC(F)F)c1nc(Cl)ccc1Cl. The first-order valence-electron chi connectivity index (χ1n) is 6.20. The van der Waals surface area contributed by atoms with E-state index >= 15 is 0 Å². The van der Waals surface area contributed by atoms with Crippen molar-refractivity contribution >= 4 is 45.0 Å². The van der Waals surface area contributed by atoms with E-state index in [1.807, 2.05) is 0 Å². The first-order valence-corrected chi connectivity index (χ1v) is 7.75. The summed E-state index contributed by atoms with van der Waals surface area (Å²) in [6.07, 6.45) is 0. The minimum absolute atomic E-state index is 0.0337. The molecule has 0 fully saturated rings. The highest BCUT2D eigenvalue weighted by Crippen LogP contribution is 2.25. The van der Waals surface area contributed by atoms with Gasteiger partial charge in [0.05, 0.1) is 5.02 Å². The van der Waals surface area contributed by atoms with Crippen molar-refractivity contribution in [1.29, 1.82) is 0 Å². The summed E-state index contributed by atoms with van der Waals surface area (Å²) in [5, 5.41) is 2.78. The molecule has 0 atom stereocenters. The van der Waals surface area contributed by atoms with Crippen molar-refractivity contribution in [2.75, 3.05) is 0 Å². The van der Waals surface area contributed by atoms with Crippen molar-refractivity contribution in [1.82, 2.24) is 10.3 Å². The summed E-state index contributed by atoms with van der Waals surface area (Å²) >= 11 is 14.8. The maximum Gasteiger partial charge on any atom is 0.387 e. The molecule has 9 heteroatoms. The number of ether oxygens (including phenoxy) is 1. The molecular weight excluding hydrogens is 417 g/mol. The zero-order valence-electron chi connectivity index (χ0n) is 11.3. The largest absolute Gasteiger partial charge is 0.434 e. The number of aromatic nitrogens is 1. The lowest BCUT2D eigenvalue weighted by atomic mass is 10.2. The van der Waals surface area contributed by atoms with E-state index in [0.29, 0.717) is 10.0 Å². The minimum atomic E-state index is -2.96. The molecule has 0 aliphatic carbocycles. The van der Waals surface area contributed by atoms with Gasteiger partial charge in [-0.25, -0.2) is 4.98 Å². The Morgan fingerprint density at radius 1 is 1.30 bits per heavy atom. The van der Waals surface area contributed by atoms with Gasteiger partial charge in [-0.15, -0.1) is 0 Å². The highest BCUT2D eigenvalue weighted by atomic mass is 79.9. The van der Waals surface area contributed by atoms with Gasteiger partial charge >= 0.3 is 6.61 Å². The first-order chi connectivity index (χ1) is 10.9. The smallest absolute Gasteiger partial charge is 0.387 e. The maximum atomic E-state index is 12.4. The highest BCUT2D eigenvalue weighted by molar-refractivity contribution is 9.10. The van der Waals surface area contributed by atoms with Crippen molar-refractivity contribution in [3.63, 3.8) is 0 Å². The van der Waals surface area contributed by atoms with Gasteiger partial charge in [-0.05, 0) is 30.3 Å². The van der Waals surface area contributed by atoms with Crippen molar-refractivity contribution in [3.05, 3.63) is 56.2 Å². The lowest BCUT2D eigenvalue weighted by molar-refractivity contribution is -0.0504. The summed E-state index contributed by atoms with van der Waals surface area (Å²) in [6.45, 7) is -3.01. The van der Waals surface area contributed by atoms with Crippen LogP contribution in [0.2, 0.25) is 10.2 Å². The van der Waals surface area contributed by atoms with Gasteiger partial charge in [0.15, 0.2) is 0 Å². The molecule has 0 aliphatic heterocycles. The Morgan fingerprint density at radius 2 is 2.04 bits per heavy atom. The van der Waals surface area contributed by atoms with Crippen LogP contribution in [0.5, 0.6) is 5.75 Å². The normalized spacial score (nSPS) is 10.7. The van der Waals surface area contributed by atoms with Crippen LogP contribution in [0.3, 0.4) is 0 Å². The van der Waals surface area contributed by atoms with Crippen molar-refractivity contribution in [2.24, 2.45) is 0 Å². The molecule has 0 aliphatic rings. The molecule has 0 saturated heterocycles. The fraction of sp³-hybridized carbons (Fsp3) is 0.143. The summed E-state index contributed by atoms with van der Waals surface area (Å²) in [5.74, 6) is -0.617. The predicted octanol–water partition coefficient (Wildman–Crippen LogP) is 4.68. The third-order valence-corrected chi connectivity index (χ3v) is 3.71. The molecule has 122 valence electrons. The van der Waals surface area contributed by atoms with Crippen LogP contribution in [0.25, 0.3) is 0 Å². The van der Waals surface area contributed by atoms with Gasteiger partial charge in [0.25, 0.3) is 5.91 Å². The maximum absolute atomic E-state index is 12.4. The molecule has 0 saturated carbocycles. The van der Waals surface area contributed by atoms with Crippen molar-refractivity contribution < 1.29 is 18.3 Å². The van der Waals surface area contributed by atoms with Crippen molar-refractivity contribution in [3.8, 4) is 5.75 Å². The summed E-state index contributed by atoms with van der Waals surface area (Å²) in [5.41, 5.74) is 0.316. The van der Waals surface area contributed by atoms with E-state index in [4.69, 9.17) is 23.2 Å². The molecule has 1 aromatic carbocycles. The Labute approximate surface area is 148 Å². The second-order valence-corrected chi connectivity index (χ2v) is 5.99. The summed E-state index contributed by atoms with van der Waals surface area (Å²) in [4.78, 5) is 15.9. The Kier molecular flexibility index (Phi) is 6.15. The Balaban J connectivity index is 2.15. The van der Waals surface area contributed by atoms with Crippen LogP contribution < -0.4 is 10.1 Å². The van der Waals surface area contributed by atoms with Gasteiger partial charge in [0.2, 0.25) is 0 Å². The van der Waals surface area contributed by atoms with E-state index < -0.39 is 12.5 Å². The number of pyridine rings is 1. The van der Waals surface area contributed by atoms with E-state index in [-0.39, 0.29) is 28.2 Å². The number of benzene rings is 1. The van der Waals surface area contributed by atoms with Gasteiger partial charge < -0.3 is 10.1 Å². The number of carbonyl (C=O) groups is 1. The molecule has 2 aromatic rings. The third kappa shape index (κ3) is 5.02. The van der Waals surface area contributed by atoms with E-state index in [0.717, 1.165) is 0 Å². The van der Waals surface area contributed by atoms with Crippen LogP contribution in [-0.4, -0.2) is 17.5 Å². The number of hydrogen-bond donors (Lipinski definition) is 1. The standard InChI is InChI=1S/C14H9BrCl2F2N2O2/c15-8-1-3-10(23-14(18)19)7(5-8)6-20-13(22)12-9(16)2-4-11(17)21-12/h1-5,14H,6H2,(H,20,22). The number of nitrogens with zero attached hydrogens (tertiary/aromatic N) is 1. The lowest BCUT2D eigenvalue weighted by Gasteiger charge is -2.12. The van der Waals surface area contributed by atoms with Crippen molar-refractivity contribution in [2.45, 2.75) is 13.2 Å². The van der Waals surface area contributed by atoms with Crippen LogP contribution in [0.15, 0.2) is 34.8 Å². The average molecular weight is 426 g/mol. The molecule has 0 unspecified atom stereocenters. The fourth-order valence-corrected chi connectivity index (χ4v) is 2.48. The zero-order valence-corrected chi connectivity index (χ0v) is 14.4. The highest BCUT2D eigenvalue weighted by Gasteiger charge is 2.15. The number of amides is 1. The predicted molar refractivity (Wildman–Crippen MR) is 86.2 cm³/mol. The van der Waals surface area contributed by atoms with E-state index in [1.54, 1.807) is 12.1 Å². The Morgan fingerprint density at radius 3 is 2.74 bits per heavy atom. The molecule has 0 radical (unpaired) electrons. The van der Waals surface area contributed by atoms with Gasteiger partial charge in [-0.2, -0.15) is 8.78 Å². The number of alkyl halides is 2. The van der Waals surface area contributed by atoms with Crippen LogP contribution >= 0.6 is 39.1 Å². The molecule has 1 aromatic heterocycles. The number of carbonyl (C=O) groups excluding carboxylic acids is 1. The fourth-order valence-electron chi connectivity index (χ4n) is 1.73. The summed E-state index contributed by atoms with van der Waals surface area (Å²) in [6, 6.07) is 7.38. The number of rotatable bonds is 5. The Hall–Kier alpha value is -1.44. The monoisotopic (exact) mass is 424 g/mol. The van der Waals surface area contributed by atoms with Gasteiger partial charge in [-0.3, -0.25) is 4.79 Å². The van der Waals surface area contributed by atoms with Gasteiger partial charge in [-0.1, -0.05) is 39.1 Å². The van der Waals surface area contributed by atoms with E-state index in [1.165, 1.54) is 18.2 Å². The third-order valence-electron chi connectivity index (χ3n) is 2.71. The van der Waals surface area contributed by atoms with Gasteiger partial charge in [0, 0.05) is 16.6 Å². The molecule has 4 nitrogen and oxygen atoms in total. The quantitative estimate of drug-likeness (QED) is 0.707. The van der Waals surface area contributed by atoms with Crippen LogP contribution in [0, 0.1) is 0 Å². The molecular formula is C14H9BrCl2F2N2O2. The zero-order chi connectivity index (χ0) is 17.0. The molecule has 23 heavy (non-hydrogen) atoms. The molecule has 1 amide bonds. The van der Waals surface area contributed by atoms with Gasteiger partial charge in [0.1, 0.15) is 16.6 Å². The second kappa shape index (κ2) is 7.90. The number of halogens is 5. The second-order valence-electron chi connectivity index (χ2n) is 4.28. The molecule has 0 bridgehead atoms. The molecule has 1 N–H and O–H groups in total. The van der Waals surface area contributed by atoms with Crippen LogP contribution in [0.1, 0.15) is 16.1 Å². The van der Waals surface area contributed by atoms with E-state index in [9.17, 15) is 13.6 Å². The Bertz CT molecular complexity index is 732. The topological polar surface area (TPSA) is 51.2 Å². The number of hydrogen-bond acceptors (Lipinski definition) is 3. The number of nitrogens with one attached hydrogen (secondary N) is 1. The summed E-state index contributed by atoms with van der Waals surface area (Å²) < 4.78 is 29.9. The lowest BCUT2D eigenvalue weighted by Crippen LogP contribution is -2.24. The van der Waals surface area contributed by atoms with Crippen LogP contribution in [0.4, 0.5) is 8.78 Å². The van der Waals surface area contributed by atoms with E-state index in [2.05, 4.69) is 31.0 Å². The molecule has 1 heterocycles. The minimum Gasteiger partial charge on any atom is -0.434 e. The summed E-state index contributed by atoms with van der Waals surface area (Å²) in [7, 11) is 0. The molecule has 2 rings (SSSR count).